The standard InChI is InChI=1S/C17H25NO/c1-12(16-10-13-7-8-15(16)9-13)18-11-17(19)14-5-3-2-4-6-14/h2-6,12-13,15-19H,7-11H2,1H3/t12-,13-,15-,16+,17+/m1/s1. The SMILES string of the molecule is C[C@@H](NC[C@H](O)c1ccccc1)[C@@H]1C[C@@H]2CC[C@@H]1C2. The van der Waals surface area contributed by atoms with Crippen LogP contribution in [0.1, 0.15) is 44.3 Å². The van der Waals surface area contributed by atoms with E-state index in [0.29, 0.717) is 12.6 Å². The number of aliphatic hydroxyl groups excluding tert-OH is 1. The van der Waals surface area contributed by atoms with E-state index in [1.165, 1.54) is 25.7 Å². The van der Waals surface area contributed by atoms with Gasteiger partial charge in [0.05, 0.1) is 6.10 Å². The topological polar surface area (TPSA) is 32.3 Å². The number of nitrogens with one attached hydrogen (secondary N) is 1. The van der Waals surface area contributed by atoms with E-state index in [2.05, 4.69) is 12.2 Å². The lowest BCUT2D eigenvalue weighted by atomic mass is 9.84. The minimum atomic E-state index is -0.387. The van der Waals surface area contributed by atoms with Gasteiger partial charge >= 0.3 is 0 Å². The molecule has 0 radical (unpaired) electrons. The number of rotatable bonds is 5. The highest BCUT2D eigenvalue weighted by atomic mass is 16.3. The van der Waals surface area contributed by atoms with Crippen LogP contribution in [0, 0.1) is 17.8 Å². The summed E-state index contributed by atoms with van der Waals surface area (Å²) in [6, 6.07) is 10.5. The summed E-state index contributed by atoms with van der Waals surface area (Å²) in [4.78, 5) is 0. The Kier molecular flexibility index (Phi) is 3.90. The molecule has 0 aromatic heterocycles. The lowest BCUT2D eigenvalue weighted by Gasteiger charge is -2.29. The summed E-state index contributed by atoms with van der Waals surface area (Å²) < 4.78 is 0. The molecule has 2 aliphatic rings. The summed E-state index contributed by atoms with van der Waals surface area (Å²) in [5.41, 5.74) is 1.01. The summed E-state index contributed by atoms with van der Waals surface area (Å²) in [6.07, 6.45) is 5.36. The van der Waals surface area contributed by atoms with Gasteiger partial charge in [-0.05, 0) is 49.5 Å². The normalized spacial score (nSPS) is 32.4. The van der Waals surface area contributed by atoms with Crippen LogP contribution < -0.4 is 5.32 Å². The maximum Gasteiger partial charge on any atom is 0.0914 e. The lowest BCUT2D eigenvalue weighted by molar-refractivity contribution is 0.158. The van der Waals surface area contributed by atoms with Crippen LogP contribution in [0.5, 0.6) is 0 Å². The van der Waals surface area contributed by atoms with Gasteiger partial charge in [0, 0.05) is 12.6 Å². The molecule has 2 saturated carbocycles. The molecule has 5 atom stereocenters. The van der Waals surface area contributed by atoms with E-state index in [9.17, 15) is 5.11 Å². The van der Waals surface area contributed by atoms with Gasteiger partial charge in [0.15, 0.2) is 0 Å². The quantitative estimate of drug-likeness (QED) is 0.851. The van der Waals surface area contributed by atoms with Gasteiger partial charge in [-0.2, -0.15) is 0 Å². The van der Waals surface area contributed by atoms with Gasteiger partial charge in [0.1, 0.15) is 0 Å². The third-order valence-electron chi connectivity index (χ3n) is 5.25. The first kappa shape index (κ1) is 13.1. The highest BCUT2D eigenvalue weighted by Gasteiger charge is 2.41. The number of aliphatic hydroxyl groups is 1. The molecule has 0 aliphatic heterocycles. The predicted octanol–water partition coefficient (Wildman–Crippen LogP) is 3.13. The van der Waals surface area contributed by atoms with Gasteiger partial charge in [-0.15, -0.1) is 0 Å². The van der Waals surface area contributed by atoms with Gasteiger partial charge in [0.2, 0.25) is 0 Å². The van der Waals surface area contributed by atoms with Gasteiger partial charge in [-0.3, -0.25) is 0 Å². The molecule has 0 spiro atoms. The largest absolute Gasteiger partial charge is 0.387 e. The predicted molar refractivity (Wildman–Crippen MR) is 77.8 cm³/mol. The molecule has 2 N–H and O–H groups in total. The van der Waals surface area contributed by atoms with Crippen molar-refractivity contribution in [3.8, 4) is 0 Å². The summed E-state index contributed by atoms with van der Waals surface area (Å²) in [5, 5.41) is 13.7. The zero-order chi connectivity index (χ0) is 13.2. The number of benzene rings is 1. The van der Waals surface area contributed by atoms with Crippen LogP contribution in [0.2, 0.25) is 0 Å². The molecule has 2 heteroatoms. The average Bonchev–Trinajstić information content (AvgIpc) is 3.08. The second-order valence-electron chi connectivity index (χ2n) is 6.46. The van der Waals surface area contributed by atoms with Gasteiger partial charge in [-0.25, -0.2) is 0 Å². The Morgan fingerprint density at radius 3 is 2.63 bits per heavy atom. The number of hydrogen-bond donors (Lipinski definition) is 2. The maximum atomic E-state index is 10.2. The molecule has 0 amide bonds. The van der Waals surface area contributed by atoms with Crippen molar-refractivity contribution >= 4 is 0 Å². The molecule has 2 aliphatic carbocycles. The van der Waals surface area contributed by atoms with Crippen molar-refractivity contribution in [2.45, 2.75) is 44.8 Å². The van der Waals surface area contributed by atoms with Crippen LogP contribution in [0.15, 0.2) is 30.3 Å². The minimum absolute atomic E-state index is 0.387. The monoisotopic (exact) mass is 259 g/mol. The number of fused-ring (bicyclic) bond motifs is 2. The Morgan fingerprint density at radius 2 is 2.00 bits per heavy atom. The van der Waals surface area contributed by atoms with Crippen LogP contribution in [-0.2, 0) is 0 Å². The maximum absolute atomic E-state index is 10.2. The second-order valence-corrected chi connectivity index (χ2v) is 6.46. The van der Waals surface area contributed by atoms with E-state index in [-0.39, 0.29) is 6.10 Å². The van der Waals surface area contributed by atoms with Crippen molar-refractivity contribution in [3.05, 3.63) is 35.9 Å². The van der Waals surface area contributed by atoms with Crippen LogP contribution >= 0.6 is 0 Å². The van der Waals surface area contributed by atoms with Gasteiger partial charge in [-0.1, -0.05) is 36.8 Å². The zero-order valence-electron chi connectivity index (χ0n) is 11.8. The van der Waals surface area contributed by atoms with Gasteiger partial charge in [0.25, 0.3) is 0 Å². The molecule has 0 heterocycles. The van der Waals surface area contributed by atoms with E-state index in [0.717, 1.165) is 23.3 Å². The molecule has 2 nitrogen and oxygen atoms in total. The van der Waals surface area contributed by atoms with Crippen LogP contribution in [0.3, 0.4) is 0 Å². The third kappa shape index (κ3) is 2.85. The molecule has 2 fully saturated rings. The highest BCUT2D eigenvalue weighted by Crippen LogP contribution is 2.49. The summed E-state index contributed by atoms with van der Waals surface area (Å²) >= 11 is 0. The summed E-state index contributed by atoms with van der Waals surface area (Å²) in [7, 11) is 0. The number of hydrogen-bond acceptors (Lipinski definition) is 2. The smallest absolute Gasteiger partial charge is 0.0914 e. The Balaban J connectivity index is 1.49. The van der Waals surface area contributed by atoms with E-state index < -0.39 is 0 Å². The van der Waals surface area contributed by atoms with Crippen molar-refractivity contribution in [1.29, 1.82) is 0 Å². The van der Waals surface area contributed by atoms with E-state index in [1.54, 1.807) is 0 Å². The Bertz CT molecular complexity index is 405. The van der Waals surface area contributed by atoms with E-state index in [4.69, 9.17) is 0 Å². The van der Waals surface area contributed by atoms with E-state index in [1.807, 2.05) is 30.3 Å². The highest BCUT2D eigenvalue weighted by molar-refractivity contribution is 5.17. The first-order valence-electron chi connectivity index (χ1n) is 7.70. The summed E-state index contributed by atoms with van der Waals surface area (Å²) in [6.45, 7) is 2.96. The minimum Gasteiger partial charge on any atom is -0.387 e. The summed E-state index contributed by atoms with van der Waals surface area (Å²) in [5.74, 6) is 2.78. The van der Waals surface area contributed by atoms with Crippen molar-refractivity contribution in [2.75, 3.05) is 6.54 Å². The van der Waals surface area contributed by atoms with Crippen LogP contribution in [0.4, 0.5) is 0 Å². The molecular formula is C17H25NO. The molecule has 1 aromatic carbocycles. The fraction of sp³-hybridized carbons (Fsp3) is 0.647. The fourth-order valence-corrected chi connectivity index (χ4v) is 4.15. The first-order valence-corrected chi connectivity index (χ1v) is 7.70. The van der Waals surface area contributed by atoms with Crippen LogP contribution in [-0.4, -0.2) is 17.7 Å². The molecule has 1 aromatic rings. The molecule has 0 unspecified atom stereocenters. The zero-order valence-corrected chi connectivity index (χ0v) is 11.8. The second kappa shape index (κ2) is 5.64. The van der Waals surface area contributed by atoms with Crippen molar-refractivity contribution in [3.63, 3.8) is 0 Å². The Hall–Kier alpha value is -0.860. The fourth-order valence-electron chi connectivity index (χ4n) is 4.15. The van der Waals surface area contributed by atoms with Crippen molar-refractivity contribution in [2.24, 2.45) is 17.8 Å². The molecule has 3 rings (SSSR count). The molecular weight excluding hydrogens is 234 g/mol. The average molecular weight is 259 g/mol. The lowest BCUT2D eigenvalue weighted by Crippen LogP contribution is -2.38. The third-order valence-corrected chi connectivity index (χ3v) is 5.25. The molecule has 104 valence electrons. The molecule has 19 heavy (non-hydrogen) atoms. The Labute approximate surface area is 116 Å². The van der Waals surface area contributed by atoms with Gasteiger partial charge < -0.3 is 10.4 Å². The van der Waals surface area contributed by atoms with Crippen molar-refractivity contribution in [1.82, 2.24) is 5.32 Å². The van der Waals surface area contributed by atoms with E-state index >= 15 is 0 Å². The Morgan fingerprint density at radius 1 is 1.21 bits per heavy atom. The molecule has 2 bridgehead atoms. The first-order chi connectivity index (χ1) is 9.24. The van der Waals surface area contributed by atoms with Crippen LogP contribution in [0.25, 0.3) is 0 Å². The van der Waals surface area contributed by atoms with Crippen molar-refractivity contribution < 1.29 is 5.11 Å². The molecule has 0 saturated heterocycles.